The van der Waals surface area contributed by atoms with Gasteiger partial charge in [-0.25, -0.2) is 0 Å². The number of methoxy groups -OCH3 is 1. The molecule has 2 aromatic carbocycles. The van der Waals surface area contributed by atoms with Crippen LogP contribution in [0.25, 0.3) is 0 Å². The first kappa shape index (κ1) is 19.0. The van der Waals surface area contributed by atoms with Gasteiger partial charge in [-0.1, -0.05) is 41.4 Å². The van der Waals surface area contributed by atoms with Gasteiger partial charge in [0.2, 0.25) is 5.91 Å². The summed E-state index contributed by atoms with van der Waals surface area (Å²) in [5.74, 6) is 1.72. The fraction of sp³-hybridized carbons (Fsp3) is 0.278. The standard InChI is InChI=1S/C18H19Cl2NO2S/c1-12(13-6-8-14(23-2)9-7-13)21-18(22)11-24-10-15-16(19)4-3-5-17(15)20/h3-9,12H,10-11H2,1-2H3,(H,21,22). The van der Waals surface area contributed by atoms with Crippen molar-refractivity contribution in [1.82, 2.24) is 5.32 Å². The average Bonchev–Trinajstić information content (AvgIpc) is 2.57. The Bertz CT molecular complexity index is 672. The number of amides is 1. The van der Waals surface area contributed by atoms with Gasteiger partial charge >= 0.3 is 0 Å². The minimum absolute atomic E-state index is 0.0218. The van der Waals surface area contributed by atoms with Crippen LogP contribution in [0, 0.1) is 0 Å². The van der Waals surface area contributed by atoms with E-state index in [-0.39, 0.29) is 11.9 Å². The molecule has 0 spiro atoms. The molecule has 3 nitrogen and oxygen atoms in total. The first-order valence-electron chi connectivity index (χ1n) is 7.45. The van der Waals surface area contributed by atoms with Crippen LogP contribution in [0.3, 0.4) is 0 Å². The quantitative estimate of drug-likeness (QED) is 0.721. The van der Waals surface area contributed by atoms with Crippen molar-refractivity contribution in [2.75, 3.05) is 12.9 Å². The first-order valence-corrected chi connectivity index (χ1v) is 9.36. The van der Waals surface area contributed by atoms with Gasteiger partial charge in [0, 0.05) is 15.8 Å². The zero-order valence-corrected chi connectivity index (χ0v) is 15.8. The number of rotatable bonds is 7. The molecule has 0 bridgehead atoms. The molecule has 128 valence electrons. The number of thioether (sulfide) groups is 1. The molecule has 1 amide bonds. The van der Waals surface area contributed by atoms with Crippen LogP contribution in [-0.4, -0.2) is 18.8 Å². The second kappa shape index (κ2) is 9.21. The van der Waals surface area contributed by atoms with Gasteiger partial charge in [-0.05, 0) is 42.3 Å². The first-order chi connectivity index (χ1) is 11.5. The van der Waals surface area contributed by atoms with Gasteiger partial charge in [0.15, 0.2) is 0 Å². The third-order valence-electron chi connectivity index (χ3n) is 3.53. The van der Waals surface area contributed by atoms with Crippen LogP contribution in [0.2, 0.25) is 10.0 Å². The number of halogens is 2. The lowest BCUT2D eigenvalue weighted by atomic mass is 10.1. The highest BCUT2D eigenvalue weighted by Gasteiger charge is 2.11. The molecule has 0 aromatic heterocycles. The van der Waals surface area contributed by atoms with Crippen LogP contribution in [-0.2, 0) is 10.5 Å². The number of carbonyl (C=O) groups is 1. The lowest BCUT2D eigenvalue weighted by molar-refractivity contribution is -0.119. The van der Waals surface area contributed by atoms with Crippen molar-refractivity contribution in [3.63, 3.8) is 0 Å². The van der Waals surface area contributed by atoms with Gasteiger partial charge in [-0.3, -0.25) is 4.79 Å². The van der Waals surface area contributed by atoms with Gasteiger partial charge in [0.25, 0.3) is 0 Å². The summed E-state index contributed by atoms with van der Waals surface area (Å²) >= 11 is 13.7. The summed E-state index contributed by atoms with van der Waals surface area (Å²) in [6.45, 7) is 1.95. The van der Waals surface area contributed by atoms with E-state index in [2.05, 4.69) is 5.32 Å². The highest BCUT2D eigenvalue weighted by Crippen LogP contribution is 2.28. The van der Waals surface area contributed by atoms with Crippen molar-refractivity contribution in [2.24, 2.45) is 0 Å². The molecule has 1 unspecified atom stereocenters. The number of hydrogen-bond acceptors (Lipinski definition) is 3. The third-order valence-corrected chi connectivity index (χ3v) is 5.20. The van der Waals surface area contributed by atoms with E-state index >= 15 is 0 Å². The van der Waals surface area contributed by atoms with Gasteiger partial charge in [0.1, 0.15) is 5.75 Å². The topological polar surface area (TPSA) is 38.3 Å². The maximum absolute atomic E-state index is 12.1. The molecule has 0 radical (unpaired) electrons. The second-order valence-electron chi connectivity index (χ2n) is 5.26. The normalized spacial score (nSPS) is 11.8. The Hall–Kier alpha value is -1.36. The maximum Gasteiger partial charge on any atom is 0.230 e. The minimum Gasteiger partial charge on any atom is -0.497 e. The monoisotopic (exact) mass is 383 g/mol. The van der Waals surface area contributed by atoms with Crippen LogP contribution in [0.15, 0.2) is 42.5 Å². The Balaban J connectivity index is 1.82. The summed E-state index contributed by atoms with van der Waals surface area (Å²) in [5.41, 5.74) is 1.89. The molecule has 0 saturated heterocycles. The highest BCUT2D eigenvalue weighted by atomic mass is 35.5. The summed E-state index contributed by atoms with van der Waals surface area (Å²) in [5, 5.41) is 4.24. The third kappa shape index (κ3) is 5.33. The summed E-state index contributed by atoms with van der Waals surface area (Å²) in [6.07, 6.45) is 0. The van der Waals surface area contributed by atoms with Gasteiger partial charge < -0.3 is 10.1 Å². The van der Waals surface area contributed by atoms with E-state index < -0.39 is 0 Å². The lowest BCUT2D eigenvalue weighted by Gasteiger charge is -2.15. The zero-order valence-electron chi connectivity index (χ0n) is 13.5. The van der Waals surface area contributed by atoms with Crippen LogP contribution >= 0.6 is 35.0 Å². The number of carbonyl (C=O) groups excluding carboxylic acids is 1. The minimum atomic E-state index is -0.0621. The van der Waals surface area contributed by atoms with Crippen molar-refractivity contribution in [3.8, 4) is 5.75 Å². The average molecular weight is 384 g/mol. The Morgan fingerprint density at radius 3 is 2.38 bits per heavy atom. The van der Waals surface area contributed by atoms with E-state index in [1.165, 1.54) is 11.8 Å². The molecule has 0 aliphatic carbocycles. The number of benzene rings is 2. The van der Waals surface area contributed by atoms with Crippen molar-refractivity contribution in [1.29, 1.82) is 0 Å². The molecule has 0 heterocycles. The molecule has 1 N–H and O–H groups in total. The van der Waals surface area contributed by atoms with E-state index in [9.17, 15) is 4.79 Å². The lowest BCUT2D eigenvalue weighted by Crippen LogP contribution is -2.28. The molecule has 0 aliphatic heterocycles. The molecular formula is C18H19Cl2NO2S. The maximum atomic E-state index is 12.1. The number of nitrogens with one attached hydrogen (secondary N) is 1. The molecule has 6 heteroatoms. The fourth-order valence-electron chi connectivity index (χ4n) is 2.18. The van der Waals surface area contributed by atoms with Crippen LogP contribution < -0.4 is 10.1 Å². The van der Waals surface area contributed by atoms with Crippen molar-refractivity contribution in [3.05, 3.63) is 63.6 Å². The van der Waals surface area contributed by atoms with Crippen LogP contribution in [0.1, 0.15) is 24.1 Å². The van der Waals surface area contributed by atoms with E-state index in [0.717, 1.165) is 16.9 Å². The summed E-state index contributed by atoms with van der Waals surface area (Å²) in [6, 6.07) is 13.0. The second-order valence-corrected chi connectivity index (χ2v) is 7.06. The zero-order chi connectivity index (χ0) is 17.5. The molecular weight excluding hydrogens is 365 g/mol. The van der Waals surface area contributed by atoms with E-state index in [4.69, 9.17) is 27.9 Å². The Labute approximate surface area is 156 Å². The van der Waals surface area contributed by atoms with E-state index in [1.54, 1.807) is 19.2 Å². The smallest absolute Gasteiger partial charge is 0.230 e. The van der Waals surface area contributed by atoms with Crippen molar-refractivity contribution < 1.29 is 9.53 Å². The molecule has 2 aromatic rings. The van der Waals surface area contributed by atoms with Crippen LogP contribution in [0.5, 0.6) is 5.75 Å². The molecule has 24 heavy (non-hydrogen) atoms. The largest absolute Gasteiger partial charge is 0.497 e. The SMILES string of the molecule is COc1ccc(C(C)NC(=O)CSCc2c(Cl)cccc2Cl)cc1. The van der Waals surface area contributed by atoms with E-state index in [1.807, 2.05) is 37.3 Å². The van der Waals surface area contributed by atoms with Crippen LogP contribution in [0.4, 0.5) is 0 Å². The number of hydrogen-bond donors (Lipinski definition) is 1. The van der Waals surface area contributed by atoms with Crippen molar-refractivity contribution >= 4 is 40.9 Å². The Morgan fingerprint density at radius 1 is 1.17 bits per heavy atom. The Morgan fingerprint density at radius 2 is 1.79 bits per heavy atom. The van der Waals surface area contributed by atoms with Gasteiger partial charge in [0.05, 0.1) is 18.9 Å². The van der Waals surface area contributed by atoms with E-state index in [0.29, 0.717) is 21.6 Å². The predicted octanol–water partition coefficient (Wildman–Crippen LogP) is 5.11. The fourth-order valence-corrected chi connectivity index (χ4v) is 3.75. The molecule has 0 fully saturated rings. The van der Waals surface area contributed by atoms with Gasteiger partial charge in [-0.15, -0.1) is 11.8 Å². The summed E-state index contributed by atoms with van der Waals surface area (Å²) < 4.78 is 5.13. The summed E-state index contributed by atoms with van der Waals surface area (Å²) in [7, 11) is 1.63. The summed E-state index contributed by atoms with van der Waals surface area (Å²) in [4.78, 5) is 12.1. The highest BCUT2D eigenvalue weighted by molar-refractivity contribution is 7.99. The predicted molar refractivity (Wildman–Crippen MR) is 102 cm³/mol. The molecule has 2 rings (SSSR count). The molecule has 1 atom stereocenters. The van der Waals surface area contributed by atoms with Gasteiger partial charge in [-0.2, -0.15) is 0 Å². The number of ether oxygens (including phenoxy) is 1. The van der Waals surface area contributed by atoms with Crippen molar-refractivity contribution in [2.45, 2.75) is 18.7 Å². The molecule has 0 aliphatic rings. The Kier molecular flexibility index (Phi) is 7.28. The molecule has 0 saturated carbocycles.